The molecule has 0 N–H and O–H groups in total. The largest absolute Gasteiger partial charge is 0.480 e. The summed E-state index contributed by atoms with van der Waals surface area (Å²) < 4.78 is 91.2. The van der Waals surface area contributed by atoms with E-state index in [1.54, 1.807) is 74.8 Å². The molecule has 75 heavy (non-hydrogen) atoms. The normalized spacial score (nSPS) is 14.5. The molecule has 1 aliphatic carbocycles. The van der Waals surface area contributed by atoms with Gasteiger partial charge in [-0.3, -0.25) is 9.97 Å². The zero-order valence-corrected chi connectivity index (χ0v) is 41.0. The molecule has 0 amide bonds. The summed E-state index contributed by atoms with van der Waals surface area (Å²) in [7, 11) is 1.47. The Morgan fingerprint density at radius 3 is 2.20 bits per heavy atom. The van der Waals surface area contributed by atoms with Crippen LogP contribution in [-0.2, 0) is 12.6 Å². The molecule has 1 fully saturated rings. The van der Waals surface area contributed by atoms with Crippen molar-refractivity contribution in [2.45, 2.75) is 70.5 Å². The Labute approximate surface area is 426 Å². The van der Waals surface area contributed by atoms with Crippen LogP contribution in [0.2, 0.25) is 0 Å². The van der Waals surface area contributed by atoms with Gasteiger partial charge in [0.15, 0.2) is 11.5 Å². The Bertz CT molecular complexity index is 3710. The number of methoxy groups -OCH3 is 1. The third-order valence-electron chi connectivity index (χ3n) is 13.3. The van der Waals surface area contributed by atoms with Crippen molar-refractivity contribution in [1.29, 1.82) is 0 Å². The molecule has 4 aromatic carbocycles. The van der Waals surface area contributed by atoms with Gasteiger partial charge in [0.05, 0.1) is 40.9 Å². The van der Waals surface area contributed by atoms with Crippen molar-refractivity contribution >= 4 is 0 Å². The van der Waals surface area contributed by atoms with Gasteiger partial charge in [-0.15, -0.1) is 0 Å². The van der Waals surface area contributed by atoms with Crippen LogP contribution < -0.4 is 4.74 Å². The number of hydrogen-bond donors (Lipinski definition) is 0. The Hall–Kier alpha value is -8.80. The molecule has 18 heteroatoms. The van der Waals surface area contributed by atoms with Crippen LogP contribution >= 0.6 is 0 Å². The number of ether oxygens (including phenoxy) is 1. The molecule has 10 aromatic rings. The summed E-state index contributed by atoms with van der Waals surface area (Å²) in [5, 5.41) is 8.41. The number of nitrogens with zero attached hydrogens (tertiary/aromatic N) is 10. The number of benzene rings is 4. The van der Waals surface area contributed by atoms with E-state index in [0.29, 0.717) is 33.6 Å². The third kappa shape index (κ3) is 9.54. The molecule has 0 bridgehead atoms. The van der Waals surface area contributed by atoms with E-state index in [0.717, 1.165) is 46.1 Å². The van der Waals surface area contributed by atoms with Crippen LogP contribution in [0.3, 0.4) is 0 Å². The van der Waals surface area contributed by atoms with Gasteiger partial charge in [0.1, 0.15) is 23.8 Å². The number of halogens is 5. The molecule has 1 aliphatic rings. The number of alkyl halides is 3. The maximum Gasteiger partial charge on any atom is 0.434 e. The third-order valence-corrected chi connectivity index (χ3v) is 13.3. The van der Waals surface area contributed by atoms with Crippen LogP contribution in [0.4, 0.5) is 22.0 Å². The minimum atomic E-state index is -4.58. The van der Waals surface area contributed by atoms with Crippen molar-refractivity contribution in [2.75, 3.05) is 7.11 Å². The zero-order chi connectivity index (χ0) is 52.1. The van der Waals surface area contributed by atoms with Crippen LogP contribution in [0, 0.1) is 11.6 Å². The Balaban J connectivity index is 0.841. The van der Waals surface area contributed by atoms with Gasteiger partial charge in [-0.25, -0.2) is 23.7 Å². The number of hydrogen-bond acceptors (Lipinski definition) is 12. The maximum absolute atomic E-state index is 17.0. The highest BCUT2D eigenvalue weighted by molar-refractivity contribution is 5.83. The summed E-state index contributed by atoms with van der Waals surface area (Å²) in [4.78, 5) is 31.1. The number of aromatic nitrogens is 10. The van der Waals surface area contributed by atoms with E-state index in [-0.39, 0.29) is 76.5 Å². The van der Waals surface area contributed by atoms with Gasteiger partial charge in [0, 0.05) is 53.7 Å². The van der Waals surface area contributed by atoms with E-state index in [9.17, 15) is 13.2 Å². The Morgan fingerprint density at radius 1 is 0.693 bits per heavy atom. The van der Waals surface area contributed by atoms with Crippen LogP contribution in [0.15, 0.2) is 143 Å². The second-order valence-corrected chi connectivity index (χ2v) is 18.9. The number of pyridine rings is 2. The fraction of sp³-hybridized carbons (Fsp3) is 0.211. The van der Waals surface area contributed by atoms with Gasteiger partial charge >= 0.3 is 6.18 Å². The molecular weight excluding hydrogens is 968 g/mol. The molecule has 11 rings (SSSR count). The number of imidazole rings is 1. The molecule has 0 aliphatic heterocycles. The topological polar surface area (TPSA) is 156 Å². The van der Waals surface area contributed by atoms with Gasteiger partial charge in [-0.1, -0.05) is 90.9 Å². The second-order valence-electron chi connectivity index (χ2n) is 18.9. The molecule has 13 nitrogen and oxygen atoms in total. The lowest BCUT2D eigenvalue weighted by molar-refractivity contribution is -0.140. The average Bonchev–Trinajstić information content (AvgIpc) is 3.71. The van der Waals surface area contributed by atoms with E-state index in [2.05, 4.69) is 66.2 Å². The van der Waals surface area contributed by atoms with Crippen molar-refractivity contribution in [2.24, 2.45) is 0 Å². The fourth-order valence-corrected chi connectivity index (χ4v) is 9.46. The molecular formula is C57H45F5N10O3. The zero-order valence-electron chi connectivity index (χ0n) is 41.0. The van der Waals surface area contributed by atoms with Gasteiger partial charge < -0.3 is 18.4 Å². The predicted molar refractivity (Wildman–Crippen MR) is 269 cm³/mol. The van der Waals surface area contributed by atoms with E-state index >= 15 is 8.78 Å². The Kier molecular flexibility index (Phi) is 12.6. The first-order chi connectivity index (χ1) is 36.2. The first kappa shape index (κ1) is 48.5. The van der Waals surface area contributed by atoms with Gasteiger partial charge in [-0.2, -0.15) is 23.1 Å². The lowest BCUT2D eigenvalue weighted by Gasteiger charge is -2.17. The van der Waals surface area contributed by atoms with E-state index in [1.807, 2.05) is 36.4 Å². The summed E-state index contributed by atoms with van der Waals surface area (Å²) in [6.07, 6.45) is 2.12. The van der Waals surface area contributed by atoms with Crippen molar-refractivity contribution < 1.29 is 35.7 Å². The van der Waals surface area contributed by atoms with Gasteiger partial charge in [-0.05, 0) is 102 Å². The average molecular weight is 1010 g/mol. The first-order valence-electron chi connectivity index (χ1n) is 24.1. The smallest absolute Gasteiger partial charge is 0.434 e. The van der Waals surface area contributed by atoms with Gasteiger partial charge in [0.2, 0.25) is 11.7 Å². The molecule has 6 heterocycles. The highest BCUT2D eigenvalue weighted by Crippen LogP contribution is 2.58. The highest BCUT2D eigenvalue weighted by Gasteiger charge is 2.44. The monoisotopic (exact) mass is 1010 g/mol. The van der Waals surface area contributed by atoms with E-state index < -0.39 is 23.5 Å². The quantitative estimate of drug-likeness (QED) is 0.0951. The number of rotatable bonds is 14. The molecule has 0 radical (unpaired) electrons. The molecule has 2 unspecified atom stereocenters. The standard InChI is InChI=1S/C57H45F5N10O3/c1-30(2)41-24-34(16-19-37(41)38-20-18-36(58)25-44(38)52-69-54(74-71-52)35-17-21-46(64-27-35)45-11-6-7-22-63-45)42-26-43(42)51-49(56(73-5)66-29-65-51)39-9-8-10-40(50(39)59)55-68-48(70-75-55)23-32-12-14-33(15-13-32)53-67-47(57(60,61)62)28-72(53)31(3)4/h6-22,24-25,27-31,42-43H,23,26H2,1-5H3. The first-order valence-corrected chi connectivity index (χ1v) is 24.1. The van der Waals surface area contributed by atoms with E-state index in [4.69, 9.17) is 18.8 Å². The summed E-state index contributed by atoms with van der Waals surface area (Å²) in [5.74, 6) is -0.0317. The molecule has 1 saturated carbocycles. The van der Waals surface area contributed by atoms with Crippen molar-refractivity contribution in [3.8, 4) is 85.2 Å². The summed E-state index contributed by atoms with van der Waals surface area (Å²) >= 11 is 0. The predicted octanol–water partition coefficient (Wildman–Crippen LogP) is 13.8. The maximum atomic E-state index is 17.0. The molecule has 0 spiro atoms. The Morgan fingerprint density at radius 2 is 1.47 bits per heavy atom. The molecule has 376 valence electrons. The summed E-state index contributed by atoms with van der Waals surface area (Å²) in [6, 6.07) is 31.6. The van der Waals surface area contributed by atoms with Crippen LogP contribution in [0.25, 0.3) is 79.3 Å². The van der Waals surface area contributed by atoms with E-state index in [1.165, 1.54) is 30.1 Å². The van der Waals surface area contributed by atoms with Gasteiger partial charge in [0.25, 0.3) is 11.8 Å². The highest BCUT2D eigenvalue weighted by atomic mass is 19.4. The lowest BCUT2D eigenvalue weighted by Crippen LogP contribution is -2.05. The SMILES string of the molecule is COc1ncnc(C2CC2c2ccc(-c3ccc(F)cc3-c3noc(-c4ccc(-c5ccccn5)nc4)n3)c(C(C)C)c2)c1-c1cccc(-c2nc(Cc3ccc(-c4nc(C(F)(F)F)cn4C(C)C)cc3)no2)c1F. The molecule has 6 aromatic heterocycles. The van der Waals surface area contributed by atoms with Crippen molar-refractivity contribution in [3.05, 3.63) is 180 Å². The molecule has 2 atom stereocenters. The molecule has 0 saturated heterocycles. The van der Waals surface area contributed by atoms with Crippen molar-refractivity contribution in [3.63, 3.8) is 0 Å². The second kappa shape index (κ2) is 19.6. The minimum absolute atomic E-state index is 0.0214. The minimum Gasteiger partial charge on any atom is -0.480 e. The fourth-order valence-electron chi connectivity index (χ4n) is 9.46. The summed E-state index contributed by atoms with van der Waals surface area (Å²) in [6.45, 7) is 7.77. The summed E-state index contributed by atoms with van der Waals surface area (Å²) in [5.41, 5.74) is 7.76. The lowest BCUT2D eigenvalue weighted by atomic mass is 9.87. The van der Waals surface area contributed by atoms with Crippen molar-refractivity contribution in [1.82, 2.24) is 49.8 Å². The van der Waals surface area contributed by atoms with Crippen LogP contribution in [0.5, 0.6) is 5.88 Å². The van der Waals surface area contributed by atoms with Crippen LogP contribution in [-0.4, -0.2) is 56.9 Å². The van der Waals surface area contributed by atoms with Crippen LogP contribution in [0.1, 0.15) is 91.8 Å².